The summed E-state index contributed by atoms with van der Waals surface area (Å²) in [5, 5.41) is 0.571. The van der Waals surface area contributed by atoms with Gasteiger partial charge >= 0.3 is 6.18 Å². The van der Waals surface area contributed by atoms with E-state index in [1.165, 1.54) is 11.3 Å². The summed E-state index contributed by atoms with van der Waals surface area (Å²) in [5.41, 5.74) is 0. The molecule has 13 heavy (non-hydrogen) atoms. The maximum atomic E-state index is 11.6. The molecule has 1 aromatic rings. The first-order valence-electron chi connectivity index (χ1n) is 3.53. The van der Waals surface area contributed by atoms with Crippen molar-refractivity contribution in [2.75, 3.05) is 6.61 Å². The minimum atomic E-state index is -4.26. The van der Waals surface area contributed by atoms with Crippen molar-refractivity contribution in [3.05, 3.63) is 16.1 Å². The molecule has 74 valence electrons. The zero-order chi connectivity index (χ0) is 9.90. The van der Waals surface area contributed by atoms with E-state index in [9.17, 15) is 13.2 Å². The smallest absolute Gasteiger partial charge is 0.365 e. The summed E-state index contributed by atoms with van der Waals surface area (Å²) in [4.78, 5) is 4.83. The van der Waals surface area contributed by atoms with Crippen LogP contribution in [0.2, 0.25) is 0 Å². The van der Waals surface area contributed by atoms with Crippen LogP contribution in [0.25, 0.3) is 0 Å². The maximum Gasteiger partial charge on any atom is 0.411 e. The van der Waals surface area contributed by atoms with Gasteiger partial charge in [0.1, 0.15) is 11.6 Å². The zero-order valence-electron chi connectivity index (χ0n) is 6.89. The van der Waals surface area contributed by atoms with Crippen LogP contribution < -0.4 is 0 Å². The van der Waals surface area contributed by atoms with Gasteiger partial charge in [0.2, 0.25) is 0 Å². The Kier molecular flexibility index (Phi) is 3.27. The Morgan fingerprint density at radius 1 is 1.54 bits per heavy atom. The van der Waals surface area contributed by atoms with E-state index in [0.29, 0.717) is 5.01 Å². The van der Waals surface area contributed by atoms with Gasteiger partial charge in [0.05, 0.1) is 6.61 Å². The van der Waals surface area contributed by atoms with Gasteiger partial charge < -0.3 is 4.74 Å². The molecule has 1 rings (SSSR count). The van der Waals surface area contributed by atoms with Gasteiger partial charge in [-0.15, -0.1) is 11.3 Å². The second kappa shape index (κ2) is 4.06. The number of nitrogens with zero attached hydrogens (tertiary/aromatic N) is 1. The van der Waals surface area contributed by atoms with Gasteiger partial charge in [-0.05, 0) is 6.92 Å². The molecule has 0 aliphatic heterocycles. The Labute approximate surface area is 77.4 Å². The van der Waals surface area contributed by atoms with Crippen molar-refractivity contribution < 1.29 is 17.9 Å². The Hall–Kier alpha value is -0.620. The molecule has 0 saturated heterocycles. The Balaban J connectivity index is 2.28. The number of rotatable bonds is 3. The van der Waals surface area contributed by atoms with Crippen LogP contribution in [-0.2, 0) is 11.3 Å². The third-order valence-corrected chi connectivity index (χ3v) is 2.05. The molecular formula is C7H8F3NOS. The molecule has 0 bridgehead atoms. The number of aryl methyl sites for hydroxylation is 1. The van der Waals surface area contributed by atoms with Gasteiger partial charge in [-0.3, -0.25) is 0 Å². The second-order valence-corrected chi connectivity index (χ2v) is 3.79. The van der Waals surface area contributed by atoms with E-state index < -0.39 is 12.8 Å². The molecule has 0 radical (unpaired) electrons. The highest BCUT2D eigenvalue weighted by Crippen LogP contribution is 2.17. The molecule has 1 aromatic heterocycles. The van der Waals surface area contributed by atoms with Gasteiger partial charge in [-0.1, -0.05) is 0 Å². The Bertz CT molecular complexity index is 271. The number of hydrogen-bond acceptors (Lipinski definition) is 3. The van der Waals surface area contributed by atoms with Gasteiger partial charge in [0.25, 0.3) is 0 Å². The van der Waals surface area contributed by atoms with Crippen LogP contribution in [0.1, 0.15) is 9.88 Å². The van der Waals surface area contributed by atoms with Crippen molar-refractivity contribution in [1.29, 1.82) is 0 Å². The van der Waals surface area contributed by atoms with E-state index in [4.69, 9.17) is 0 Å². The third-order valence-electron chi connectivity index (χ3n) is 1.16. The van der Waals surface area contributed by atoms with E-state index >= 15 is 0 Å². The molecule has 6 heteroatoms. The summed E-state index contributed by atoms with van der Waals surface area (Å²) >= 11 is 1.33. The number of aromatic nitrogens is 1. The molecule has 0 aromatic carbocycles. The fraction of sp³-hybridized carbons (Fsp3) is 0.571. The highest BCUT2D eigenvalue weighted by Gasteiger charge is 2.27. The Morgan fingerprint density at radius 3 is 2.69 bits per heavy atom. The minimum Gasteiger partial charge on any atom is -0.365 e. The lowest BCUT2D eigenvalue weighted by molar-refractivity contribution is -0.176. The molecule has 2 nitrogen and oxygen atoms in total. The highest BCUT2D eigenvalue weighted by atomic mass is 32.1. The molecule has 0 aliphatic carbocycles. The van der Waals surface area contributed by atoms with Gasteiger partial charge in [0, 0.05) is 11.1 Å². The van der Waals surface area contributed by atoms with Crippen molar-refractivity contribution in [1.82, 2.24) is 4.98 Å². The van der Waals surface area contributed by atoms with Crippen molar-refractivity contribution in [3.8, 4) is 0 Å². The molecule has 0 spiro atoms. The summed E-state index contributed by atoms with van der Waals surface area (Å²) in [5.74, 6) is 0. The number of alkyl halides is 3. The molecular weight excluding hydrogens is 203 g/mol. The van der Waals surface area contributed by atoms with Crippen LogP contribution in [0.4, 0.5) is 13.2 Å². The summed E-state index contributed by atoms with van der Waals surface area (Å²) in [6, 6.07) is 0. The minimum absolute atomic E-state index is 0.0714. The normalized spacial score (nSPS) is 12.0. The fourth-order valence-corrected chi connectivity index (χ4v) is 1.45. The first-order valence-corrected chi connectivity index (χ1v) is 4.35. The molecule has 0 fully saturated rings. The molecule has 0 saturated carbocycles. The van der Waals surface area contributed by atoms with Crippen LogP contribution in [-0.4, -0.2) is 17.8 Å². The first-order chi connectivity index (χ1) is 5.97. The molecule has 0 atom stereocenters. The standard InChI is InChI=1S/C7H8F3NOS/c1-5-2-11-6(13-5)3-12-4-7(8,9)10/h2H,3-4H2,1H3. The SMILES string of the molecule is Cc1cnc(COCC(F)(F)F)s1. The van der Waals surface area contributed by atoms with E-state index in [2.05, 4.69) is 9.72 Å². The number of hydrogen-bond donors (Lipinski definition) is 0. The Morgan fingerprint density at radius 2 is 2.23 bits per heavy atom. The summed E-state index contributed by atoms with van der Waals surface area (Å²) in [6.45, 7) is 0.550. The predicted molar refractivity (Wildman–Crippen MR) is 42.6 cm³/mol. The summed E-state index contributed by atoms with van der Waals surface area (Å²) < 4.78 is 39.3. The van der Waals surface area contributed by atoms with Crippen LogP contribution in [0.15, 0.2) is 6.20 Å². The lowest BCUT2D eigenvalue weighted by Gasteiger charge is -2.05. The van der Waals surface area contributed by atoms with Crippen LogP contribution in [0, 0.1) is 6.92 Å². The average Bonchev–Trinajstić information content (AvgIpc) is 2.33. The van der Waals surface area contributed by atoms with E-state index in [1.807, 2.05) is 6.92 Å². The predicted octanol–water partition coefficient (Wildman–Crippen LogP) is 2.53. The summed E-state index contributed by atoms with van der Waals surface area (Å²) in [7, 11) is 0. The van der Waals surface area contributed by atoms with Crippen molar-refractivity contribution in [2.24, 2.45) is 0 Å². The number of thiazole rings is 1. The molecule has 0 aliphatic rings. The largest absolute Gasteiger partial charge is 0.411 e. The van der Waals surface area contributed by atoms with Gasteiger partial charge in [-0.25, -0.2) is 4.98 Å². The van der Waals surface area contributed by atoms with Crippen molar-refractivity contribution in [2.45, 2.75) is 19.7 Å². The van der Waals surface area contributed by atoms with Crippen LogP contribution >= 0.6 is 11.3 Å². The second-order valence-electron chi connectivity index (χ2n) is 2.47. The van der Waals surface area contributed by atoms with Crippen LogP contribution in [0.5, 0.6) is 0 Å². The molecule has 1 heterocycles. The van der Waals surface area contributed by atoms with E-state index in [1.54, 1.807) is 6.20 Å². The van der Waals surface area contributed by atoms with Gasteiger partial charge in [-0.2, -0.15) is 13.2 Å². The topological polar surface area (TPSA) is 22.1 Å². The van der Waals surface area contributed by atoms with E-state index in [-0.39, 0.29) is 6.61 Å². The number of ether oxygens (including phenoxy) is 1. The fourth-order valence-electron chi connectivity index (χ4n) is 0.722. The van der Waals surface area contributed by atoms with E-state index in [0.717, 1.165) is 4.88 Å². The van der Waals surface area contributed by atoms with Crippen LogP contribution in [0.3, 0.4) is 0 Å². The quantitative estimate of drug-likeness (QED) is 0.766. The third kappa shape index (κ3) is 4.23. The first kappa shape index (κ1) is 10.5. The summed E-state index contributed by atoms with van der Waals surface area (Å²) in [6.07, 6.45) is -2.65. The van der Waals surface area contributed by atoms with Gasteiger partial charge in [0.15, 0.2) is 0 Å². The molecule has 0 amide bonds. The lowest BCUT2D eigenvalue weighted by atomic mass is 10.6. The maximum absolute atomic E-state index is 11.6. The molecule has 0 N–H and O–H groups in total. The average molecular weight is 211 g/mol. The highest BCUT2D eigenvalue weighted by molar-refractivity contribution is 7.11. The lowest BCUT2D eigenvalue weighted by Crippen LogP contribution is -2.16. The zero-order valence-corrected chi connectivity index (χ0v) is 7.71. The molecule has 0 unspecified atom stereocenters. The monoisotopic (exact) mass is 211 g/mol. The number of halogens is 3. The van der Waals surface area contributed by atoms with Crippen molar-refractivity contribution in [3.63, 3.8) is 0 Å². The van der Waals surface area contributed by atoms with Crippen molar-refractivity contribution >= 4 is 11.3 Å².